The highest BCUT2D eigenvalue weighted by molar-refractivity contribution is 5.84. The Morgan fingerprint density at radius 2 is 1.97 bits per heavy atom. The Morgan fingerprint density at radius 3 is 2.63 bits per heavy atom. The van der Waals surface area contributed by atoms with E-state index in [-0.39, 0.29) is 29.5 Å². The third-order valence-corrected chi connectivity index (χ3v) is 6.63. The van der Waals surface area contributed by atoms with Crippen LogP contribution >= 0.6 is 0 Å². The number of carbonyl (C=O) groups is 1. The normalized spacial score (nSPS) is 20.8. The predicted octanol–water partition coefficient (Wildman–Crippen LogP) is 4.86. The Kier molecular flexibility index (Phi) is 7.57. The van der Waals surface area contributed by atoms with Gasteiger partial charge in [-0.3, -0.25) is 9.89 Å². The highest BCUT2D eigenvalue weighted by Gasteiger charge is 2.26. The minimum atomic E-state index is -0.311. The lowest BCUT2D eigenvalue weighted by atomic mass is 9.99. The molecule has 1 amide bonds. The number of hydrogen-bond donors (Lipinski definition) is 1. The molecule has 0 aromatic carbocycles. The molecule has 188 valence electrons. The van der Waals surface area contributed by atoms with Crippen molar-refractivity contribution in [1.29, 1.82) is 0 Å². The monoisotopic (exact) mass is 481 g/mol. The van der Waals surface area contributed by atoms with Gasteiger partial charge in [-0.15, -0.1) is 0 Å². The highest BCUT2D eigenvalue weighted by Crippen LogP contribution is 2.34. The lowest BCUT2D eigenvalue weighted by Crippen LogP contribution is -2.47. The molecule has 1 aliphatic carbocycles. The topological polar surface area (TPSA) is 73.8 Å². The molecule has 1 fully saturated rings. The minimum absolute atomic E-state index is 0.142. The lowest BCUT2D eigenvalue weighted by molar-refractivity contribution is -0.132. The number of H-pyrrole nitrogens is 1. The first-order chi connectivity index (χ1) is 16.8. The van der Waals surface area contributed by atoms with E-state index in [1.807, 2.05) is 31.9 Å². The number of nitrogens with zero attached hydrogens (tertiary/aromatic N) is 4. The van der Waals surface area contributed by atoms with Crippen LogP contribution in [0, 0.1) is 5.92 Å². The number of allylic oxidation sites excluding steroid dienone is 5. The molecule has 8 heteroatoms. The molecule has 3 aliphatic rings. The molecule has 2 aliphatic heterocycles. The van der Waals surface area contributed by atoms with E-state index in [4.69, 9.17) is 9.73 Å². The molecule has 1 atom stereocenters. The van der Waals surface area contributed by atoms with Gasteiger partial charge < -0.3 is 14.5 Å². The SMILES string of the molecule is CCC(=O)N1CCN(C2=CC(c3n[nH]c4c3C=C(OC(C)C)C(F)=C(C)C4)=CC(CC)C=N2)CC1. The number of nitrogens with one attached hydrogen (secondary N) is 1. The average molecular weight is 482 g/mol. The molecular formula is C27H36FN5O2. The van der Waals surface area contributed by atoms with Crippen molar-refractivity contribution in [1.82, 2.24) is 20.0 Å². The maximum absolute atomic E-state index is 15.0. The first-order valence-corrected chi connectivity index (χ1v) is 12.6. The number of aromatic nitrogens is 2. The molecule has 1 N–H and O–H groups in total. The molecular weight excluding hydrogens is 445 g/mol. The van der Waals surface area contributed by atoms with Gasteiger partial charge in [0, 0.05) is 68.0 Å². The number of amides is 1. The predicted molar refractivity (Wildman–Crippen MR) is 137 cm³/mol. The Hall–Kier alpha value is -3.16. The summed E-state index contributed by atoms with van der Waals surface area (Å²) < 4.78 is 20.9. The molecule has 4 rings (SSSR count). The Morgan fingerprint density at radius 1 is 1.23 bits per heavy atom. The van der Waals surface area contributed by atoms with Crippen LogP contribution in [-0.2, 0) is 16.0 Å². The fourth-order valence-corrected chi connectivity index (χ4v) is 4.61. The van der Waals surface area contributed by atoms with E-state index in [0.29, 0.717) is 31.5 Å². The zero-order valence-electron chi connectivity index (χ0n) is 21.4. The maximum Gasteiger partial charge on any atom is 0.222 e. The fourth-order valence-electron chi connectivity index (χ4n) is 4.61. The largest absolute Gasteiger partial charge is 0.488 e. The van der Waals surface area contributed by atoms with E-state index in [2.05, 4.69) is 34.2 Å². The van der Waals surface area contributed by atoms with Gasteiger partial charge >= 0.3 is 0 Å². The van der Waals surface area contributed by atoms with Crippen molar-refractivity contribution in [2.75, 3.05) is 26.2 Å². The molecule has 0 spiro atoms. The average Bonchev–Trinajstić information content (AvgIpc) is 3.04. The molecule has 1 aromatic rings. The number of ether oxygens (including phenoxy) is 1. The molecule has 1 aromatic heterocycles. The summed E-state index contributed by atoms with van der Waals surface area (Å²) in [5.41, 5.74) is 4.06. The van der Waals surface area contributed by atoms with Crippen LogP contribution in [0.3, 0.4) is 0 Å². The van der Waals surface area contributed by atoms with Crippen LogP contribution in [-0.4, -0.2) is 64.4 Å². The summed E-state index contributed by atoms with van der Waals surface area (Å²) in [6.07, 6.45) is 9.75. The quantitative estimate of drug-likeness (QED) is 0.630. The molecule has 0 saturated carbocycles. The maximum atomic E-state index is 15.0. The fraction of sp³-hybridized carbons (Fsp3) is 0.519. The van der Waals surface area contributed by atoms with Gasteiger partial charge in [-0.05, 0) is 44.9 Å². The number of halogens is 1. The molecule has 1 unspecified atom stereocenters. The second-order valence-corrected chi connectivity index (χ2v) is 9.61. The molecule has 0 radical (unpaired) electrons. The number of aromatic amines is 1. The van der Waals surface area contributed by atoms with E-state index in [0.717, 1.165) is 47.9 Å². The van der Waals surface area contributed by atoms with Crippen molar-refractivity contribution >= 4 is 23.8 Å². The van der Waals surface area contributed by atoms with Crippen LogP contribution in [0.25, 0.3) is 11.6 Å². The second kappa shape index (κ2) is 10.6. The summed E-state index contributed by atoms with van der Waals surface area (Å²) in [6, 6.07) is 0. The number of hydrogen-bond acceptors (Lipinski definition) is 5. The first-order valence-electron chi connectivity index (χ1n) is 12.6. The van der Waals surface area contributed by atoms with Crippen LogP contribution in [0.15, 0.2) is 40.1 Å². The van der Waals surface area contributed by atoms with Crippen LogP contribution < -0.4 is 0 Å². The van der Waals surface area contributed by atoms with Crippen molar-refractivity contribution in [3.63, 3.8) is 0 Å². The van der Waals surface area contributed by atoms with Crippen molar-refractivity contribution in [2.45, 2.75) is 60.0 Å². The zero-order chi connectivity index (χ0) is 25.1. The van der Waals surface area contributed by atoms with Crippen LogP contribution in [0.2, 0.25) is 0 Å². The van der Waals surface area contributed by atoms with Gasteiger partial charge in [0.25, 0.3) is 0 Å². The third kappa shape index (κ3) is 5.41. The second-order valence-electron chi connectivity index (χ2n) is 9.61. The Balaban J connectivity index is 1.69. The molecule has 0 bridgehead atoms. The number of piperazine rings is 1. The number of aliphatic imine (C=N–C) groups is 1. The van der Waals surface area contributed by atoms with Gasteiger partial charge in [0.1, 0.15) is 5.82 Å². The number of fused-ring (bicyclic) bond motifs is 1. The molecule has 3 heterocycles. The van der Waals surface area contributed by atoms with Gasteiger partial charge in [0.2, 0.25) is 5.91 Å². The third-order valence-electron chi connectivity index (χ3n) is 6.63. The smallest absolute Gasteiger partial charge is 0.222 e. The molecule has 35 heavy (non-hydrogen) atoms. The van der Waals surface area contributed by atoms with Crippen molar-refractivity contribution in [2.24, 2.45) is 10.9 Å². The summed E-state index contributed by atoms with van der Waals surface area (Å²) in [7, 11) is 0. The number of rotatable bonds is 6. The summed E-state index contributed by atoms with van der Waals surface area (Å²) >= 11 is 0. The van der Waals surface area contributed by atoms with Crippen molar-refractivity contribution in [3.05, 3.63) is 52.1 Å². The molecule has 1 saturated heterocycles. The summed E-state index contributed by atoms with van der Waals surface area (Å²) in [5.74, 6) is 1.15. The molecule has 7 nitrogen and oxygen atoms in total. The summed E-state index contributed by atoms with van der Waals surface area (Å²) in [6.45, 7) is 12.5. The Bertz CT molecular complexity index is 1120. The van der Waals surface area contributed by atoms with E-state index in [9.17, 15) is 4.79 Å². The standard InChI is InChI=1S/C27H36FN5O2/c1-6-19-13-20(14-24(29-16-19)32-8-10-33(11-9-32)25(34)7-2)27-21-15-23(35-17(3)4)26(28)18(5)12-22(21)30-31-27/h13-17,19H,6-12H2,1-5H3,(H,30,31). The Labute approximate surface area is 207 Å². The minimum Gasteiger partial charge on any atom is -0.488 e. The number of carbonyl (C=O) groups excluding carboxylic acids is 1. The van der Waals surface area contributed by atoms with Gasteiger partial charge in [0.15, 0.2) is 11.6 Å². The summed E-state index contributed by atoms with van der Waals surface area (Å²) in [4.78, 5) is 21.1. The van der Waals surface area contributed by atoms with E-state index in [1.165, 1.54) is 0 Å². The lowest BCUT2D eigenvalue weighted by Gasteiger charge is -2.36. The zero-order valence-corrected chi connectivity index (χ0v) is 21.4. The van der Waals surface area contributed by atoms with Crippen molar-refractivity contribution in [3.8, 4) is 0 Å². The van der Waals surface area contributed by atoms with E-state index < -0.39 is 0 Å². The van der Waals surface area contributed by atoms with E-state index >= 15 is 4.39 Å². The highest BCUT2D eigenvalue weighted by atomic mass is 19.1. The van der Waals surface area contributed by atoms with Crippen LogP contribution in [0.1, 0.15) is 64.4 Å². The van der Waals surface area contributed by atoms with E-state index in [1.54, 1.807) is 13.0 Å². The van der Waals surface area contributed by atoms with Crippen molar-refractivity contribution < 1.29 is 13.9 Å². The first kappa shape index (κ1) is 24.9. The van der Waals surface area contributed by atoms with Crippen LogP contribution in [0.4, 0.5) is 4.39 Å². The van der Waals surface area contributed by atoms with Gasteiger partial charge in [-0.25, -0.2) is 9.38 Å². The van der Waals surface area contributed by atoms with Gasteiger partial charge in [-0.1, -0.05) is 19.9 Å². The summed E-state index contributed by atoms with van der Waals surface area (Å²) in [5, 5.41) is 7.80. The van der Waals surface area contributed by atoms with Gasteiger partial charge in [-0.2, -0.15) is 5.10 Å². The van der Waals surface area contributed by atoms with Gasteiger partial charge in [0.05, 0.1) is 11.8 Å². The van der Waals surface area contributed by atoms with Crippen LogP contribution in [0.5, 0.6) is 0 Å².